The molecule has 3 aromatic rings. The van der Waals surface area contributed by atoms with E-state index in [1.54, 1.807) is 19.9 Å². The van der Waals surface area contributed by atoms with E-state index in [0.717, 1.165) is 4.57 Å². The number of ether oxygens (including phenoxy) is 1. The van der Waals surface area contributed by atoms with Gasteiger partial charge in [-0.1, -0.05) is 0 Å². The summed E-state index contributed by atoms with van der Waals surface area (Å²) in [5.41, 5.74) is -0.784. The summed E-state index contributed by atoms with van der Waals surface area (Å²) < 4.78 is 7.93. The number of H-pyrrole nitrogens is 2. The van der Waals surface area contributed by atoms with E-state index in [-0.39, 0.29) is 41.3 Å². The van der Waals surface area contributed by atoms with E-state index in [4.69, 9.17) is 4.74 Å². The smallest absolute Gasteiger partial charge is 0.439 e. The van der Waals surface area contributed by atoms with Gasteiger partial charge in [-0.3, -0.25) is 4.79 Å². The van der Waals surface area contributed by atoms with Crippen LogP contribution in [0.2, 0.25) is 0 Å². The number of nitrogens with zero attached hydrogens (tertiary/aromatic N) is 2. The summed E-state index contributed by atoms with van der Waals surface area (Å²) >= 11 is 3.24. The lowest BCUT2D eigenvalue weighted by Crippen LogP contribution is -2.45. The third-order valence-electron chi connectivity index (χ3n) is 4.32. The maximum atomic E-state index is 13.0. The zero-order valence-electron chi connectivity index (χ0n) is 14.9. The van der Waals surface area contributed by atoms with Crippen molar-refractivity contribution in [2.24, 2.45) is 0 Å². The minimum Gasteiger partial charge on any atom is -0.503 e. The van der Waals surface area contributed by atoms with Crippen molar-refractivity contribution in [1.82, 2.24) is 14.1 Å². The zero-order chi connectivity index (χ0) is 19.9. The molecule has 0 amide bonds. The number of aromatic nitrogens is 4. The highest BCUT2D eigenvalue weighted by Gasteiger charge is 2.24. The minimum atomic E-state index is -0.573. The molecule has 10 heteroatoms. The molecule has 27 heavy (non-hydrogen) atoms. The van der Waals surface area contributed by atoms with Gasteiger partial charge in [0.05, 0.1) is 18.1 Å². The lowest BCUT2D eigenvalue weighted by atomic mass is 10.1. The SMILES string of the molecule is CCn1c(=O)c2c(-c3cc(Br)c(O)c(OC)c3)[nH]c(=O)[nH+]c2n(CC)c1=O. The maximum Gasteiger partial charge on any atom is 0.439 e. The van der Waals surface area contributed by atoms with E-state index >= 15 is 0 Å². The summed E-state index contributed by atoms with van der Waals surface area (Å²) in [6.07, 6.45) is 0. The Hall–Kier alpha value is -2.88. The van der Waals surface area contributed by atoms with Crippen LogP contribution in [0, 0.1) is 0 Å². The predicted molar refractivity (Wildman–Crippen MR) is 102 cm³/mol. The van der Waals surface area contributed by atoms with Gasteiger partial charge in [-0.15, -0.1) is 0 Å². The highest BCUT2D eigenvalue weighted by Crippen LogP contribution is 2.38. The lowest BCUT2D eigenvalue weighted by molar-refractivity contribution is -0.374. The van der Waals surface area contributed by atoms with Gasteiger partial charge in [0.25, 0.3) is 5.56 Å². The number of aromatic hydroxyl groups is 1. The summed E-state index contributed by atoms with van der Waals surface area (Å²) in [5.74, 6) is 0.0627. The fraction of sp³-hybridized carbons (Fsp3) is 0.294. The Labute approximate surface area is 161 Å². The van der Waals surface area contributed by atoms with Crippen molar-refractivity contribution in [3.05, 3.63) is 47.9 Å². The molecule has 0 spiro atoms. The molecule has 0 saturated heterocycles. The molecule has 2 aromatic heterocycles. The fourth-order valence-electron chi connectivity index (χ4n) is 3.03. The molecule has 0 aliphatic heterocycles. The third kappa shape index (κ3) is 2.95. The first kappa shape index (κ1) is 18.9. The summed E-state index contributed by atoms with van der Waals surface area (Å²) in [7, 11) is 1.39. The van der Waals surface area contributed by atoms with Crippen LogP contribution in [0.5, 0.6) is 11.5 Å². The number of aromatic amines is 2. The van der Waals surface area contributed by atoms with Crippen LogP contribution < -0.4 is 26.7 Å². The van der Waals surface area contributed by atoms with E-state index in [1.807, 2.05) is 0 Å². The molecule has 0 bridgehead atoms. The predicted octanol–water partition coefficient (Wildman–Crippen LogP) is 0.849. The number of fused-ring (bicyclic) bond motifs is 1. The number of rotatable bonds is 4. The van der Waals surface area contributed by atoms with E-state index < -0.39 is 16.9 Å². The molecular weight excluding hydrogens is 420 g/mol. The lowest BCUT2D eigenvalue weighted by Gasteiger charge is -2.11. The third-order valence-corrected chi connectivity index (χ3v) is 4.92. The van der Waals surface area contributed by atoms with Gasteiger partial charge < -0.3 is 9.84 Å². The quantitative estimate of drug-likeness (QED) is 0.626. The molecule has 0 radical (unpaired) electrons. The average Bonchev–Trinajstić information content (AvgIpc) is 2.63. The van der Waals surface area contributed by atoms with Crippen molar-refractivity contribution in [3.8, 4) is 22.8 Å². The molecular formula is C17H18BrN4O5+. The minimum absolute atomic E-state index is 0.105. The topological polar surface area (TPSA) is 120 Å². The van der Waals surface area contributed by atoms with Gasteiger partial charge in [-0.2, -0.15) is 0 Å². The average molecular weight is 438 g/mol. The van der Waals surface area contributed by atoms with Crippen molar-refractivity contribution >= 4 is 27.0 Å². The molecule has 3 N–H and O–H groups in total. The molecule has 0 unspecified atom stereocenters. The van der Waals surface area contributed by atoms with Crippen molar-refractivity contribution in [2.45, 2.75) is 26.9 Å². The van der Waals surface area contributed by atoms with Gasteiger partial charge in [0.2, 0.25) is 5.65 Å². The van der Waals surface area contributed by atoms with Crippen LogP contribution in [-0.2, 0) is 13.1 Å². The largest absolute Gasteiger partial charge is 0.503 e. The molecule has 9 nitrogen and oxygen atoms in total. The Morgan fingerprint density at radius 1 is 1.19 bits per heavy atom. The number of nitrogens with one attached hydrogen (secondary N) is 2. The Bertz CT molecular complexity index is 1230. The monoisotopic (exact) mass is 437 g/mol. The van der Waals surface area contributed by atoms with Crippen molar-refractivity contribution in [2.75, 3.05) is 7.11 Å². The zero-order valence-corrected chi connectivity index (χ0v) is 16.5. The molecule has 0 aliphatic rings. The number of hydrogen-bond donors (Lipinski definition) is 2. The van der Waals surface area contributed by atoms with E-state index in [9.17, 15) is 19.5 Å². The van der Waals surface area contributed by atoms with Gasteiger partial charge in [0.15, 0.2) is 16.9 Å². The molecule has 142 valence electrons. The van der Waals surface area contributed by atoms with Crippen LogP contribution in [0.25, 0.3) is 22.3 Å². The summed E-state index contributed by atoms with van der Waals surface area (Å²) in [6, 6.07) is 3.06. The van der Waals surface area contributed by atoms with E-state index in [0.29, 0.717) is 10.0 Å². The normalized spacial score (nSPS) is 11.1. The van der Waals surface area contributed by atoms with Crippen molar-refractivity contribution in [3.63, 3.8) is 0 Å². The maximum absolute atomic E-state index is 13.0. The second kappa shape index (κ2) is 7.03. The number of halogens is 1. The molecule has 1 aromatic carbocycles. The van der Waals surface area contributed by atoms with Crippen LogP contribution >= 0.6 is 15.9 Å². The fourth-order valence-corrected chi connectivity index (χ4v) is 3.47. The number of aryl methyl sites for hydroxylation is 1. The van der Waals surface area contributed by atoms with Gasteiger partial charge in [0.1, 0.15) is 5.69 Å². The Morgan fingerprint density at radius 3 is 2.44 bits per heavy atom. The van der Waals surface area contributed by atoms with Crippen LogP contribution in [0.15, 0.2) is 31.0 Å². The first-order valence-electron chi connectivity index (χ1n) is 8.23. The highest BCUT2D eigenvalue weighted by atomic mass is 79.9. The number of hydrogen-bond acceptors (Lipinski definition) is 5. The summed E-state index contributed by atoms with van der Waals surface area (Å²) in [6.45, 7) is 3.91. The first-order valence-corrected chi connectivity index (χ1v) is 9.03. The van der Waals surface area contributed by atoms with Gasteiger partial charge in [-0.25, -0.2) is 28.7 Å². The molecule has 0 saturated carbocycles. The summed E-state index contributed by atoms with van der Waals surface area (Å²) in [4.78, 5) is 42.9. The first-order chi connectivity index (χ1) is 12.8. The second-order valence-corrected chi connectivity index (χ2v) is 6.62. The van der Waals surface area contributed by atoms with Gasteiger partial charge in [-0.05, 0) is 41.9 Å². The standard InChI is InChI=1S/C17H17BrN4O5/c1-4-21-14-11(15(24)22(5-2)17(21)26)12(19-16(25)20-14)8-6-9(18)13(23)10(7-8)27-3/h6-7,23H,4-5H2,1-3H3,(H,19,20,25)/p+1. The van der Waals surface area contributed by atoms with E-state index in [1.165, 1.54) is 17.7 Å². The Morgan fingerprint density at radius 2 is 1.85 bits per heavy atom. The number of methoxy groups -OCH3 is 1. The molecule has 0 fully saturated rings. The Kier molecular flexibility index (Phi) is 4.92. The van der Waals surface area contributed by atoms with Gasteiger partial charge in [0, 0.05) is 12.1 Å². The molecule has 3 rings (SSSR count). The van der Waals surface area contributed by atoms with Crippen molar-refractivity contribution < 1.29 is 14.8 Å². The van der Waals surface area contributed by atoms with Crippen LogP contribution in [0.1, 0.15) is 13.8 Å². The second-order valence-electron chi connectivity index (χ2n) is 5.76. The molecule has 2 heterocycles. The van der Waals surface area contributed by atoms with E-state index in [2.05, 4.69) is 25.9 Å². The molecule has 0 atom stereocenters. The summed E-state index contributed by atoms with van der Waals surface area (Å²) in [5, 5.41) is 10.2. The highest BCUT2D eigenvalue weighted by molar-refractivity contribution is 9.10. The van der Waals surface area contributed by atoms with Crippen LogP contribution in [0.4, 0.5) is 0 Å². The number of benzene rings is 1. The number of phenolic OH excluding ortho intramolecular Hbond substituents is 1. The van der Waals surface area contributed by atoms with Gasteiger partial charge >= 0.3 is 11.4 Å². The Balaban J connectivity index is 2.56. The van der Waals surface area contributed by atoms with Crippen LogP contribution in [-0.4, -0.2) is 26.3 Å². The van der Waals surface area contributed by atoms with Crippen LogP contribution in [0.3, 0.4) is 0 Å². The van der Waals surface area contributed by atoms with Crippen molar-refractivity contribution in [1.29, 1.82) is 0 Å². The number of phenols is 1. The molecule has 0 aliphatic carbocycles.